The largest absolute Gasteiger partial charge is 0.417 e. The predicted molar refractivity (Wildman–Crippen MR) is 74.1 cm³/mol. The highest BCUT2D eigenvalue weighted by atomic mass is 19.4. The summed E-state index contributed by atoms with van der Waals surface area (Å²) in [6.07, 6.45) is -4.49. The molecule has 1 aliphatic heterocycles. The van der Waals surface area contributed by atoms with Crippen molar-refractivity contribution in [1.82, 2.24) is 4.90 Å². The van der Waals surface area contributed by atoms with E-state index in [-0.39, 0.29) is 19.0 Å². The summed E-state index contributed by atoms with van der Waals surface area (Å²) in [5.41, 5.74) is -2.75. The molecular formula is C16H17F4NO2. The van der Waals surface area contributed by atoms with Crippen LogP contribution < -0.4 is 0 Å². The third-order valence-electron chi connectivity index (χ3n) is 4.96. The van der Waals surface area contributed by atoms with Crippen LogP contribution in [0.2, 0.25) is 0 Å². The fourth-order valence-electron chi connectivity index (χ4n) is 3.19. The first-order valence-electron chi connectivity index (χ1n) is 7.53. The second kappa shape index (κ2) is 5.19. The van der Waals surface area contributed by atoms with Gasteiger partial charge >= 0.3 is 6.18 Å². The molecule has 1 aromatic carbocycles. The first-order chi connectivity index (χ1) is 10.7. The summed E-state index contributed by atoms with van der Waals surface area (Å²) in [6.45, 7) is -0.254. The number of piperidine rings is 1. The monoisotopic (exact) mass is 331 g/mol. The summed E-state index contributed by atoms with van der Waals surface area (Å²) in [4.78, 5) is 14.1. The zero-order valence-corrected chi connectivity index (χ0v) is 12.4. The summed E-state index contributed by atoms with van der Waals surface area (Å²) in [6, 6.07) is 5.66. The lowest BCUT2D eigenvalue weighted by molar-refractivity contribution is -0.272. The topological polar surface area (TPSA) is 40.5 Å². The third kappa shape index (κ3) is 2.71. The molecule has 23 heavy (non-hydrogen) atoms. The molecule has 2 aliphatic rings. The molecule has 1 aromatic rings. The van der Waals surface area contributed by atoms with E-state index >= 15 is 0 Å². The van der Waals surface area contributed by atoms with Crippen molar-refractivity contribution >= 4 is 5.91 Å². The van der Waals surface area contributed by atoms with E-state index < -0.39 is 35.9 Å². The lowest BCUT2D eigenvalue weighted by atomic mass is 9.88. The molecule has 7 heteroatoms. The maximum Gasteiger partial charge on any atom is 0.417 e. The SMILES string of the molecule is O=C(N1CCC(O)(C(F)(F)F)CC1)C1(c2ccc(F)cc2)CC1. The number of halogens is 4. The van der Waals surface area contributed by atoms with Crippen molar-refractivity contribution in [3.05, 3.63) is 35.6 Å². The number of nitrogens with zero attached hydrogens (tertiary/aromatic N) is 1. The van der Waals surface area contributed by atoms with Crippen LogP contribution in [0.4, 0.5) is 17.6 Å². The predicted octanol–water partition coefficient (Wildman–Crippen LogP) is 2.77. The number of hydrogen-bond donors (Lipinski definition) is 1. The van der Waals surface area contributed by atoms with Crippen molar-refractivity contribution in [2.45, 2.75) is 42.9 Å². The van der Waals surface area contributed by atoms with E-state index in [0.29, 0.717) is 18.4 Å². The number of amides is 1. The summed E-state index contributed by atoms with van der Waals surface area (Å²) in [5.74, 6) is -0.626. The van der Waals surface area contributed by atoms with E-state index in [4.69, 9.17) is 0 Å². The zero-order chi connectivity index (χ0) is 16.9. The Morgan fingerprint density at radius 1 is 1.04 bits per heavy atom. The van der Waals surface area contributed by atoms with Crippen LogP contribution in [-0.4, -0.2) is 40.8 Å². The quantitative estimate of drug-likeness (QED) is 0.847. The Bertz CT molecular complexity index is 600. The zero-order valence-electron chi connectivity index (χ0n) is 12.4. The number of alkyl halides is 3. The Morgan fingerprint density at radius 2 is 1.57 bits per heavy atom. The van der Waals surface area contributed by atoms with Crippen LogP contribution in [0, 0.1) is 5.82 Å². The fourth-order valence-corrected chi connectivity index (χ4v) is 3.19. The third-order valence-corrected chi connectivity index (χ3v) is 4.96. The molecule has 0 bridgehead atoms. The molecule has 3 rings (SSSR count). The molecule has 3 nitrogen and oxygen atoms in total. The van der Waals surface area contributed by atoms with Gasteiger partial charge in [0, 0.05) is 25.9 Å². The number of benzene rings is 1. The van der Waals surface area contributed by atoms with Crippen LogP contribution in [0.25, 0.3) is 0 Å². The number of aliphatic hydroxyl groups is 1. The van der Waals surface area contributed by atoms with Gasteiger partial charge in [-0.1, -0.05) is 12.1 Å². The van der Waals surface area contributed by atoms with Crippen LogP contribution >= 0.6 is 0 Å². The highest BCUT2D eigenvalue weighted by molar-refractivity contribution is 5.91. The molecule has 1 saturated heterocycles. The number of likely N-dealkylation sites (tertiary alicyclic amines) is 1. The van der Waals surface area contributed by atoms with Crippen molar-refractivity contribution in [2.24, 2.45) is 0 Å². The van der Waals surface area contributed by atoms with Gasteiger partial charge in [0.05, 0.1) is 5.41 Å². The van der Waals surface area contributed by atoms with Gasteiger partial charge in [-0.3, -0.25) is 4.79 Å². The van der Waals surface area contributed by atoms with E-state index in [1.54, 1.807) is 12.1 Å². The van der Waals surface area contributed by atoms with Crippen molar-refractivity contribution in [2.75, 3.05) is 13.1 Å². The molecule has 1 aliphatic carbocycles. The molecule has 0 aromatic heterocycles. The average molecular weight is 331 g/mol. The van der Waals surface area contributed by atoms with E-state index in [1.165, 1.54) is 17.0 Å². The van der Waals surface area contributed by atoms with Gasteiger partial charge in [-0.15, -0.1) is 0 Å². The first-order valence-corrected chi connectivity index (χ1v) is 7.53. The fraction of sp³-hybridized carbons (Fsp3) is 0.562. The maximum absolute atomic E-state index is 13.0. The molecular weight excluding hydrogens is 314 g/mol. The van der Waals surface area contributed by atoms with E-state index in [2.05, 4.69) is 0 Å². The summed E-state index contributed by atoms with van der Waals surface area (Å²) in [5, 5.41) is 9.67. The molecule has 2 fully saturated rings. The van der Waals surface area contributed by atoms with Gasteiger partial charge < -0.3 is 10.0 Å². The second-order valence-corrected chi connectivity index (χ2v) is 6.41. The molecule has 0 unspecified atom stereocenters. The Morgan fingerprint density at radius 3 is 2.00 bits per heavy atom. The van der Waals surface area contributed by atoms with E-state index in [9.17, 15) is 27.5 Å². The minimum absolute atomic E-state index is 0.127. The lowest BCUT2D eigenvalue weighted by Crippen LogP contribution is -2.55. The number of rotatable bonds is 2. The van der Waals surface area contributed by atoms with Crippen molar-refractivity contribution in [1.29, 1.82) is 0 Å². The summed E-state index contributed by atoms with van der Waals surface area (Å²) >= 11 is 0. The van der Waals surface area contributed by atoms with Gasteiger partial charge in [-0.2, -0.15) is 13.2 Å². The van der Waals surface area contributed by atoms with E-state index in [0.717, 1.165) is 0 Å². The number of carbonyl (C=O) groups excluding carboxylic acids is 1. The van der Waals surface area contributed by atoms with Gasteiger partial charge in [0.2, 0.25) is 5.91 Å². The van der Waals surface area contributed by atoms with Gasteiger partial charge in [0.1, 0.15) is 5.82 Å². The highest BCUT2D eigenvalue weighted by Gasteiger charge is 2.58. The second-order valence-electron chi connectivity index (χ2n) is 6.41. The molecule has 0 spiro atoms. The van der Waals surface area contributed by atoms with Gasteiger partial charge in [-0.25, -0.2) is 4.39 Å². The van der Waals surface area contributed by atoms with Crippen molar-refractivity contribution < 1.29 is 27.5 Å². The van der Waals surface area contributed by atoms with Crippen LogP contribution in [0.15, 0.2) is 24.3 Å². The highest BCUT2D eigenvalue weighted by Crippen LogP contribution is 2.50. The molecule has 1 amide bonds. The number of carbonyl (C=O) groups is 1. The minimum atomic E-state index is -4.68. The number of hydrogen-bond acceptors (Lipinski definition) is 2. The van der Waals surface area contributed by atoms with Gasteiger partial charge in [0.25, 0.3) is 0 Å². The van der Waals surface area contributed by atoms with Gasteiger partial charge in [-0.05, 0) is 30.5 Å². The van der Waals surface area contributed by atoms with E-state index in [1.807, 2.05) is 0 Å². The molecule has 0 radical (unpaired) electrons. The Kier molecular flexibility index (Phi) is 3.66. The molecule has 0 atom stereocenters. The van der Waals surface area contributed by atoms with Crippen molar-refractivity contribution in [3.63, 3.8) is 0 Å². The van der Waals surface area contributed by atoms with Crippen molar-refractivity contribution in [3.8, 4) is 0 Å². The normalized spacial score (nSPS) is 22.7. The average Bonchev–Trinajstić information content (AvgIpc) is 3.29. The molecule has 1 N–H and O–H groups in total. The summed E-state index contributed by atoms with van der Waals surface area (Å²) < 4.78 is 51.5. The Hall–Kier alpha value is -1.63. The minimum Gasteiger partial charge on any atom is -0.380 e. The standard InChI is InChI=1S/C16H17F4NO2/c17-12-3-1-11(2-4-12)14(5-6-14)13(22)21-9-7-15(23,8-10-21)16(18,19)20/h1-4,23H,5-10H2. The smallest absolute Gasteiger partial charge is 0.380 e. The molecule has 1 heterocycles. The van der Waals surface area contributed by atoms with Crippen LogP contribution in [0.3, 0.4) is 0 Å². The first kappa shape index (κ1) is 16.2. The van der Waals surface area contributed by atoms with Crippen LogP contribution in [0.1, 0.15) is 31.2 Å². The summed E-state index contributed by atoms with van der Waals surface area (Å²) in [7, 11) is 0. The molecule has 1 saturated carbocycles. The maximum atomic E-state index is 13.0. The van der Waals surface area contributed by atoms with Crippen LogP contribution in [-0.2, 0) is 10.2 Å². The Balaban J connectivity index is 1.72. The van der Waals surface area contributed by atoms with Gasteiger partial charge in [0.15, 0.2) is 5.60 Å². The lowest BCUT2D eigenvalue weighted by Gasteiger charge is -2.40. The Labute approximate surface area is 130 Å². The van der Waals surface area contributed by atoms with Crippen LogP contribution in [0.5, 0.6) is 0 Å². The molecule has 126 valence electrons.